The second-order valence-corrected chi connectivity index (χ2v) is 12.5. The molecule has 4 saturated carbocycles. The fourth-order valence-corrected chi connectivity index (χ4v) is 9.35. The third-order valence-electron chi connectivity index (χ3n) is 10.3. The smallest absolute Gasteiger partial charge is 0.335 e. The third kappa shape index (κ3) is 3.23. The van der Waals surface area contributed by atoms with Gasteiger partial charge in [-0.25, -0.2) is 13.7 Å². The summed E-state index contributed by atoms with van der Waals surface area (Å²) >= 11 is 0. The van der Waals surface area contributed by atoms with Gasteiger partial charge in [0.05, 0.1) is 22.8 Å². The van der Waals surface area contributed by atoms with Crippen LogP contribution < -0.4 is 10.3 Å². The van der Waals surface area contributed by atoms with Crippen LogP contribution in [0.1, 0.15) is 83.1 Å². The molecule has 4 aliphatic carbocycles. The summed E-state index contributed by atoms with van der Waals surface area (Å²) < 4.78 is 20.2. The lowest BCUT2D eigenvalue weighted by Crippen LogP contribution is -2.62. The summed E-state index contributed by atoms with van der Waals surface area (Å²) in [6, 6.07) is 3.79. The number of hydrogen-bond donors (Lipinski definition) is 2. The first-order valence-corrected chi connectivity index (χ1v) is 13.6. The number of hydrogen-bond acceptors (Lipinski definition) is 4. The normalized spacial score (nSPS) is 47.8. The van der Waals surface area contributed by atoms with Crippen molar-refractivity contribution in [2.75, 3.05) is 6.26 Å². The Kier molecular flexibility index (Phi) is 5.30. The van der Waals surface area contributed by atoms with E-state index >= 15 is 0 Å². The Morgan fingerprint density at radius 3 is 2.58 bits per heavy atom. The molecule has 6 heteroatoms. The molecule has 2 N–H and O–H groups in total. The van der Waals surface area contributed by atoms with Crippen LogP contribution in [0.15, 0.2) is 27.6 Å². The minimum absolute atomic E-state index is 0.171. The van der Waals surface area contributed by atoms with Crippen molar-refractivity contribution in [3.8, 4) is 0 Å². The topological polar surface area (TPSA) is 79.5 Å². The van der Waals surface area contributed by atoms with E-state index in [-0.39, 0.29) is 22.4 Å². The zero-order valence-electron chi connectivity index (χ0n) is 19.1. The first-order chi connectivity index (χ1) is 14.7. The highest BCUT2D eigenvalue weighted by molar-refractivity contribution is 7.82. The second-order valence-electron chi connectivity index (χ2n) is 11.4. The Bertz CT molecular complexity index is 912. The Labute approximate surface area is 188 Å². The highest BCUT2D eigenvalue weighted by Gasteiger charge is 2.67. The maximum absolute atomic E-state index is 12.3. The van der Waals surface area contributed by atoms with Gasteiger partial charge in [-0.15, -0.1) is 0 Å². The van der Waals surface area contributed by atoms with Crippen molar-refractivity contribution < 1.29 is 13.7 Å². The van der Waals surface area contributed by atoms with Gasteiger partial charge in [0.1, 0.15) is 0 Å². The second kappa shape index (κ2) is 7.53. The molecular formula is C25H37NO4S. The van der Waals surface area contributed by atoms with Crippen molar-refractivity contribution in [2.24, 2.45) is 28.6 Å². The van der Waals surface area contributed by atoms with E-state index in [2.05, 4.69) is 18.6 Å². The van der Waals surface area contributed by atoms with Crippen LogP contribution >= 0.6 is 0 Å². The Morgan fingerprint density at radius 2 is 1.87 bits per heavy atom. The molecule has 4 aliphatic rings. The van der Waals surface area contributed by atoms with Crippen molar-refractivity contribution >= 4 is 11.0 Å². The molecule has 5 rings (SSSR count). The van der Waals surface area contributed by atoms with Crippen LogP contribution in [-0.2, 0) is 11.0 Å². The SMILES string of the molecule is CS(=O)NC1CCC2(C)C(CCC3C2CCC2(C)C(c4ccc(=O)oc4)CCC32O)C1. The molecule has 1 heterocycles. The maximum Gasteiger partial charge on any atom is 0.335 e. The van der Waals surface area contributed by atoms with Crippen LogP contribution in [0, 0.1) is 28.6 Å². The Morgan fingerprint density at radius 1 is 1.06 bits per heavy atom. The van der Waals surface area contributed by atoms with Crippen LogP contribution in [0.4, 0.5) is 0 Å². The van der Waals surface area contributed by atoms with E-state index in [0.29, 0.717) is 23.8 Å². The summed E-state index contributed by atoms with van der Waals surface area (Å²) in [5.41, 5.74) is 0.204. The molecule has 5 nitrogen and oxygen atoms in total. The third-order valence-corrected chi connectivity index (χ3v) is 11.0. The van der Waals surface area contributed by atoms with E-state index in [1.807, 2.05) is 6.07 Å². The van der Waals surface area contributed by atoms with Crippen molar-refractivity contribution in [3.63, 3.8) is 0 Å². The molecule has 0 amide bonds. The summed E-state index contributed by atoms with van der Waals surface area (Å²) in [4.78, 5) is 11.5. The molecule has 0 aromatic carbocycles. The van der Waals surface area contributed by atoms with E-state index < -0.39 is 16.6 Å². The summed E-state index contributed by atoms with van der Waals surface area (Å²) in [6.07, 6.45) is 13.0. The number of aliphatic hydroxyl groups is 1. The number of rotatable bonds is 3. The van der Waals surface area contributed by atoms with E-state index in [4.69, 9.17) is 4.42 Å². The van der Waals surface area contributed by atoms with Crippen LogP contribution in [-0.4, -0.2) is 27.2 Å². The predicted octanol–water partition coefficient (Wildman–Crippen LogP) is 4.13. The molecule has 0 spiro atoms. The van der Waals surface area contributed by atoms with Gasteiger partial charge in [-0.05, 0) is 98.5 Å². The van der Waals surface area contributed by atoms with Gasteiger partial charge >= 0.3 is 5.63 Å². The quantitative estimate of drug-likeness (QED) is 0.730. The van der Waals surface area contributed by atoms with E-state index in [1.54, 1.807) is 12.5 Å². The molecular weight excluding hydrogens is 410 g/mol. The summed E-state index contributed by atoms with van der Waals surface area (Å²) in [6.45, 7) is 4.77. The first kappa shape index (κ1) is 21.8. The molecule has 0 bridgehead atoms. The van der Waals surface area contributed by atoms with E-state index in [1.165, 1.54) is 12.5 Å². The molecule has 31 heavy (non-hydrogen) atoms. The van der Waals surface area contributed by atoms with Crippen molar-refractivity contribution in [2.45, 2.75) is 89.2 Å². The van der Waals surface area contributed by atoms with Crippen LogP contribution in [0.25, 0.3) is 0 Å². The van der Waals surface area contributed by atoms with Gasteiger partial charge in [-0.1, -0.05) is 13.8 Å². The van der Waals surface area contributed by atoms with Crippen LogP contribution in [0.5, 0.6) is 0 Å². The summed E-state index contributed by atoms with van der Waals surface area (Å²) in [7, 11) is -0.954. The van der Waals surface area contributed by atoms with Gasteiger partial charge < -0.3 is 9.52 Å². The molecule has 9 atom stereocenters. The minimum atomic E-state index is -0.954. The Balaban J connectivity index is 1.41. The lowest BCUT2D eigenvalue weighted by atomic mass is 9.43. The average Bonchev–Trinajstić information content (AvgIpc) is 3.00. The predicted molar refractivity (Wildman–Crippen MR) is 122 cm³/mol. The fourth-order valence-electron chi connectivity index (χ4n) is 8.67. The fraction of sp³-hybridized carbons (Fsp3) is 0.800. The summed E-state index contributed by atoms with van der Waals surface area (Å²) in [5.74, 6) is 1.80. The number of nitrogens with one attached hydrogen (secondary N) is 1. The molecule has 172 valence electrons. The lowest BCUT2D eigenvalue weighted by Gasteiger charge is -2.63. The molecule has 9 unspecified atom stereocenters. The van der Waals surface area contributed by atoms with Gasteiger partial charge in [-0.3, -0.25) is 0 Å². The molecule has 0 radical (unpaired) electrons. The van der Waals surface area contributed by atoms with Gasteiger partial charge in [0.25, 0.3) is 0 Å². The van der Waals surface area contributed by atoms with E-state index in [9.17, 15) is 14.1 Å². The Hall–Kier alpha value is -0.980. The molecule has 1 aromatic heterocycles. The van der Waals surface area contributed by atoms with Crippen LogP contribution in [0.3, 0.4) is 0 Å². The van der Waals surface area contributed by atoms with Crippen molar-refractivity contribution in [1.29, 1.82) is 0 Å². The zero-order valence-corrected chi connectivity index (χ0v) is 19.9. The zero-order chi connectivity index (χ0) is 22.0. The molecule has 4 fully saturated rings. The van der Waals surface area contributed by atoms with Gasteiger partial charge in [0, 0.05) is 23.8 Å². The monoisotopic (exact) mass is 447 g/mol. The van der Waals surface area contributed by atoms with Gasteiger partial charge in [0.2, 0.25) is 0 Å². The highest BCUT2D eigenvalue weighted by Crippen LogP contribution is 2.70. The van der Waals surface area contributed by atoms with Crippen LogP contribution in [0.2, 0.25) is 0 Å². The van der Waals surface area contributed by atoms with Gasteiger partial charge in [0.15, 0.2) is 0 Å². The molecule has 1 aromatic rings. The lowest BCUT2D eigenvalue weighted by molar-refractivity contribution is -0.201. The molecule has 0 aliphatic heterocycles. The number of fused-ring (bicyclic) bond motifs is 5. The minimum Gasteiger partial charge on any atom is -0.431 e. The highest BCUT2D eigenvalue weighted by atomic mass is 32.2. The standard InChI is InChI=1S/C25H37NO4S/c1-23-11-8-18(26-31(3)29)14-17(23)5-6-21-20(23)9-12-24(2)19(10-13-25(21,24)28)16-4-7-22(27)30-15-16/h4,7,15,17-21,26,28H,5-6,8-14H2,1-3H3. The first-order valence-electron chi connectivity index (χ1n) is 12.1. The average molecular weight is 448 g/mol. The summed E-state index contributed by atoms with van der Waals surface area (Å²) in [5, 5.41) is 12.3. The van der Waals surface area contributed by atoms with E-state index in [0.717, 1.165) is 56.9 Å². The van der Waals surface area contributed by atoms with Gasteiger partial charge in [-0.2, -0.15) is 0 Å². The van der Waals surface area contributed by atoms with Crippen molar-refractivity contribution in [1.82, 2.24) is 4.72 Å². The van der Waals surface area contributed by atoms with Crippen molar-refractivity contribution in [3.05, 3.63) is 34.4 Å². The maximum atomic E-state index is 12.3. The largest absolute Gasteiger partial charge is 0.431 e. The molecule has 0 saturated heterocycles.